The molecule has 5 nitrogen and oxygen atoms in total. The first kappa shape index (κ1) is 15.5. The SMILES string of the molecule is N#Cc1ccc(OCC(=O)N/N=C/c2cccc(Cl)c2)cc1. The molecule has 0 bridgehead atoms. The molecule has 0 unspecified atom stereocenters. The van der Waals surface area contributed by atoms with Crippen molar-refractivity contribution >= 4 is 23.7 Å². The fraction of sp³-hybridized carbons (Fsp3) is 0.0625. The molecule has 0 aliphatic heterocycles. The van der Waals surface area contributed by atoms with Crippen molar-refractivity contribution < 1.29 is 9.53 Å². The number of carbonyl (C=O) groups is 1. The van der Waals surface area contributed by atoms with Crippen molar-refractivity contribution in [3.05, 3.63) is 64.7 Å². The number of carbonyl (C=O) groups excluding carboxylic acids is 1. The first-order valence-electron chi connectivity index (χ1n) is 6.38. The van der Waals surface area contributed by atoms with Crippen LogP contribution in [0.5, 0.6) is 5.75 Å². The van der Waals surface area contributed by atoms with Crippen LogP contribution in [0.4, 0.5) is 0 Å². The normalized spacial score (nSPS) is 10.2. The molecule has 1 N–H and O–H groups in total. The van der Waals surface area contributed by atoms with Gasteiger partial charge in [-0.2, -0.15) is 10.4 Å². The maximum atomic E-state index is 11.6. The summed E-state index contributed by atoms with van der Waals surface area (Å²) in [6, 6.07) is 15.6. The second-order valence-corrected chi connectivity index (χ2v) is 4.71. The molecule has 6 heteroatoms. The van der Waals surface area contributed by atoms with E-state index in [4.69, 9.17) is 21.6 Å². The van der Waals surface area contributed by atoms with E-state index in [1.54, 1.807) is 42.5 Å². The molecular formula is C16H12ClN3O2. The molecule has 110 valence electrons. The zero-order chi connectivity index (χ0) is 15.8. The molecule has 0 radical (unpaired) electrons. The van der Waals surface area contributed by atoms with Crippen LogP contribution in [0.2, 0.25) is 5.02 Å². The van der Waals surface area contributed by atoms with Crippen LogP contribution in [0.3, 0.4) is 0 Å². The molecule has 0 saturated carbocycles. The van der Waals surface area contributed by atoms with Gasteiger partial charge in [-0.05, 0) is 42.0 Å². The first-order valence-corrected chi connectivity index (χ1v) is 6.75. The highest BCUT2D eigenvalue weighted by molar-refractivity contribution is 6.30. The van der Waals surface area contributed by atoms with Gasteiger partial charge in [0.05, 0.1) is 17.8 Å². The minimum Gasteiger partial charge on any atom is -0.484 e. The van der Waals surface area contributed by atoms with Gasteiger partial charge in [0.15, 0.2) is 6.61 Å². The predicted molar refractivity (Wildman–Crippen MR) is 83.8 cm³/mol. The largest absolute Gasteiger partial charge is 0.484 e. The molecule has 2 rings (SSSR count). The van der Waals surface area contributed by atoms with Gasteiger partial charge in [-0.15, -0.1) is 0 Å². The van der Waals surface area contributed by atoms with Crippen molar-refractivity contribution in [1.82, 2.24) is 5.43 Å². The summed E-state index contributed by atoms with van der Waals surface area (Å²) >= 11 is 5.84. The van der Waals surface area contributed by atoms with Gasteiger partial charge in [-0.25, -0.2) is 5.43 Å². The molecule has 0 atom stereocenters. The van der Waals surface area contributed by atoms with E-state index in [1.807, 2.05) is 12.1 Å². The van der Waals surface area contributed by atoms with Crippen molar-refractivity contribution in [2.24, 2.45) is 5.10 Å². The molecule has 0 spiro atoms. The molecule has 0 fully saturated rings. The number of rotatable bonds is 5. The summed E-state index contributed by atoms with van der Waals surface area (Å²) in [4.78, 5) is 11.6. The van der Waals surface area contributed by atoms with Crippen LogP contribution in [0.15, 0.2) is 53.6 Å². The smallest absolute Gasteiger partial charge is 0.277 e. The van der Waals surface area contributed by atoms with Crippen LogP contribution in [-0.2, 0) is 4.79 Å². The molecule has 2 aromatic rings. The van der Waals surface area contributed by atoms with E-state index in [2.05, 4.69) is 10.5 Å². The van der Waals surface area contributed by atoms with Crippen LogP contribution in [-0.4, -0.2) is 18.7 Å². The van der Waals surface area contributed by atoms with E-state index < -0.39 is 0 Å². The molecule has 0 aromatic heterocycles. The Morgan fingerprint density at radius 1 is 1.32 bits per heavy atom. The van der Waals surface area contributed by atoms with E-state index in [9.17, 15) is 4.79 Å². The Bertz CT molecular complexity index is 721. The lowest BCUT2D eigenvalue weighted by Crippen LogP contribution is -2.24. The van der Waals surface area contributed by atoms with Crippen molar-refractivity contribution in [3.8, 4) is 11.8 Å². The van der Waals surface area contributed by atoms with Crippen molar-refractivity contribution in [3.63, 3.8) is 0 Å². The van der Waals surface area contributed by atoms with Crippen molar-refractivity contribution in [1.29, 1.82) is 5.26 Å². The Morgan fingerprint density at radius 3 is 2.77 bits per heavy atom. The van der Waals surface area contributed by atoms with Crippen LogP contribution in [0, 0.1) is 11.3 Å². The van der Waals surface area contributed by atoms with Gasteiger partial charge in [0, 0.05) is 5.02 Å². The fourth-order valence-electron chi connectivity index (χ4n) is 1.57. The zero-order valence-corrected chi connectivity index (χ0v) is 12.2. The summed E-state index contributed by atoms with van der Waals surface area (Å²) < 4.78 is 5.27. The molecule has 2 aromatic carbocycles. The number of halogens is 1. The van der Waals surface area contributed by atoms with E-state index in [0.29, 0.717) is 16.3 Å². The lowest BCUT2D eigenvalue weighted by atomic mass is 10.2. The molecule has 0 aliphatic rings. The predicted octanol–water partition coefficient (Wildman–Crippen LogP) is 2.74. The fourth-order valence-corrected chi connectivity index (χ4v) is 1.77. The molecule has 0 heterocycles. The summed E-state index contributed by atoms with van der Waals surface area (Å²) in [6.07, 6.45) is 1.49. The first-order chi connectivity index (χ1) is 10.7. The summed E-state index contributed by atoms with van der Waals surface area (Å²) in [7, 11) is 0. The van der Waals surface area contributed by atoms with Gasteiger partial charge in [0.2, 0.25) is 0 Å². The second kappa shape index (κ2) is 7.81. The number of nitrogens with one attached hydrogen (secondary N) is 1. The summed E-state index contributed by atoms with van der Waals surface area (Å²) in [5.41, 5.74) is 3.66. The zero-order valence-electron chi connectivity index (χ0n) is 11.5. The third-order valence-corrected chi connectivity index (χ3v) is 2.84. The highest BCUT2D eigenvalue weighted by Gasteiger charge is 2.01. The van der Waals surface area contributed by atoms with Gasteiger partial charge >= 0.3 is 0 Å². The molecule has 0 aliphatic carbocycles. The quantitative estimate of drug-likeness (QED) is 0.681. The monoisotopic (exact) mass is 313 g/mol. The van der Waals surface area contributed by atoms with Crippen molar-refractivity contribution in [2.45, 2.75) is 0 Å². The van der Waals surface area contributed by atoms with Crippen LogP contribution in [0.25, 0.3) is 0 Å². The third-order valence-electron chi connectivity index (χ3n) is 2.60. The van der Waals surface area contributed by atoms with Gasteiger partial charge in [0.25, 0.3) is 5.91 Å². The average molecular weight is 314 g/mol. The van der Waals surface area contributed by atoms with Crippen LogP contribution in [0.1, 0.15) is 11.1 Å². The van der Waals surface area contributed by atoms with Gasteiger partial charge in [-0.1, -0.05) is 23.7 Å². The number of hydrogen-bond donors (Lipinski definition) is 1. The summed E-state index contributed by atoms with van der Waals surface area (Å²) in [5, 5.41) is 13.1. The van der Waals surface area contributed by atoms with E-state index in [0.717, 1.165) is 5.56 Å². The van der Waals surface area contributed by atoms with Gasteiger partial charge in [0.1, 0.15) is 5.75 Å². The number of hydrogen-bond acceptors (Lipinski definition) is 4. The highest BCUT2D eigenvalue weighted by atomic mass is 35.5. The number of ether oxygens (including phenoxy) is 1. The maximum absolute atomic E-state index is 11.6. The Morgan fingerprint density at radius 2 is 2.09 bits per heavy atom. The van der Waals surface area contributed by atoms with Gasteiger partial charge < -0.3 is 4.74 Å². The second-order valence-electron chi connectivity index (χ2n) is 4.27. The number of benzene rings is 2. The maximum Gasteiger partial charge on any atom is 0.277 e. The lowest BCUT2D eigenvalue weighted by Gasteiger charge is -2.04. The average Bonchev–Trinajstić information content (AvgIpc) is 2.53. The highest BCUT2D eigenvalue weighted by Crippen LogP contribution is 2.11. The Hall–Kier alpha value is -2.84. The van der Waals surface area contributed by atoms with E-state index in [-0.39, 0.29) is 12.5 Å². The molecule has 0 saturated heterocycles. The number of amides is 1. The summed E-state index contributed by atoms with van der Waals surface area (Å²) in [5.74, 6) is 0.121. The summed E-state index contributed by atoms with van der Waals surface area (Å²) in [6.45, 7) is -0.168. The molecule has 22 heavy (non-hydrogen) atoms. The minimum absolute atomic E-state index is 0.168. The number of nitrogens with zero attached hydrogens (tertiary/aromatic N) is 2. The van der Waals surface area contributed by atoms with Crippen LogP contribution < -0.4 is 10.2 Å². The van der Waals surface area contributed by atoms with E-state index >= 15 is 0 Å². The standard InChI is InChI=1S/C16H12ClN3O2/c17-14-3-1-2-13(8-14)10-19-20-16(21)11-22-15-6-4-12(9-18)5-7-15/h1-8,10H,11H2,(H,20,21)/b19-10+. The lowest BCUT2D eigenvalue weighted by molar-refractivity contribution is -0.123. The molecular weight excluding hydrogens is 302 g/mol. The minimum atomic E-state index is -0.386. The Kier molecular flexibility index (Phi) is 5.52. The Labute approximate surface area is 132 Å². The van der Waals surface area contributed by atoms with Crippen molar-refractivity contribution in [2.75, 3.05) is 6.61 Å². The number of nitriles is 1. The van der Waals surface area contributed by atoms with Gasteiger partial charge in [-0.3, -0.25) is 4.79 Å². The van der Waals surface area contributed by atoms with E-state index in [1.165, 1.54) is 6.21 Å². The number of hydrazone groups is 1. The Balaban J connectivity index is 1.79. The molecule has 1 amide bonds. The topological polar surface area (TPSA) is 74.5 Å². The third kappa shape index (κ3) is 4.93. The van der Waals surface area contributed by atoms with Crippen LogP contribution >= 0.6 is 11.6 Å².